The van der Waals surface area contributed by atoms with Crippen LogP contribution in [0.15, 0.2) is 255 Å². The highest BCUT2D eigenvalue weighted by Gasteiger charge is 2.19. The average molecular weight is 891 g/mol. The van der Waals surface area contributed by atoms with Crippen LogP contribution in [-0.2, 0) is 0 Å². The van der Waals surface area contributed by atoms with E-state index >= 15 is 0 Å². The lowest BCUT2D eigenvalue weighted by atomic mass is 9.84. The zero-order valence-electron chi connectivity index (χ0n) is 38.0. The molecule has 0 spiro atoms. The van der Waals surface area contributed by atoms with Crippen LogP contribution in [0.2, 0.25) is 0 Å². The molecule has 3 heterocycles. The van der Waals surface area contributed by atoms with Crippen LogP contribution in [0.25, 0.3) is 133 Å². The highest BCUT2D eigenvalue weighted by molar-refractivity contribution is 6.22. The summed E-state index contributed by atoms with van der Waals surface area (Å²) < 4.78 is 0. The van der Waals surface area contributed by atoms with Crippen LogP contribution in [-0.4, -0.2) is 19.9 Å². The third-order valence-electron chi connectivity index (χ3n) is 13.7. The Labute approximate surface area is 405 Å². The minimum absolute atomic E-state index is 0.662. The molecule has 0 atom stereocenters. The molecule has 0 saturated carbocycles. The summed E-state index contributed by atoms with van der Waals surface area (Å²) in [6.07, 6.45) is 7.38. The minimum atomic E-state index is 0.662. The second-order valence-electron chi connectivity index (χ2n) is 17.9. The molecule has 0 bridgehead atoms. The van der Waals surface area contributed by atoms with Gasteiger partial charge >= 0.3 is 0 Å². The molecule has 70 heavy (non-hydrogen) atoms. The zero-order chi connectivity index (χ0) is 46.4. The van der Waals surface area contributed by atoms with Crippen LogP contribution in [0.4, 0.5) is 0 Å². The van der Waals surface area contributed by atoms with Crippen LogP contribution < -0.4 is 0 Å². The molecule has 0 unspecified atom stereocenters. The van der Waals surface area contributed by atoms with Gasteiger partial charge in [-0.05, 0) is 135 Å². The van der Waals surface area contributed by atoms with Crippen LogP contribution in [0.5, 0.6) is 0 Å². The van der Waals surface area contributed by atoms with E-state index in [1.807, 2.05) is 24.5 Å². The fourth-order valence-corrected chi connectivity index (χ4v) is 10.1. The number of aromatic nitrogens is 4. The van der Waals surface area contributed by atoms with E-state index in [0.29, 0.717) is 5.82 Å². The van der Waals surface area contributed by atoms with E-state index < -0.39 is 0 Å². The van der Waals surface area contributed by atoms with Crippen molar-refractivity contribution in [3.8, 4) is 89.5 Å². The summed E-state index contributed by atoms with van der Waals surface area (Å²) in [4.78, 5) is 19.1. The van der Waals surface area contributed by atoms with E-state index in [9.17, 15) is 0 Å². The first kappa shape index (κ1) is 40.9. The summed E-state index contributed by atoms with van der Waals surface area (Å²) in [6.45, 7) is 0. The average Bonchev–Trinajstić information content (AvgIpc) is 3.44. The number of fused-ring (bicyclic) bond motifs is 4. The van der Waals surface area contributed by atoms with Crippen molar-refractivity contribution >= 4 is 43.1 Å². The van der Waals surface area contributed by atoms with Gasteiger partial charge in [-0.1, -0.05) is 194 Å². The first-order valence-electron chi connectivity index (χ1n) is 23.7. The predicted molar refractivity (Wildman–Crippen MR) is 291 cm³/mol. The molecule has 3 aromatic heterocycles. The standard InChI is InChI=1S/C66H42N4/c1-3-11-51-37-54(31-23-43(51)9-1)64-58-15-5-6-16-59(58)65(55-32-24-44-10-2-4-12-52(44)38-55)61-39-53(33-34-60(61)64)45-21-29-50(30-22-45)66-69-62(48-25-17-46(18-26-48)56-13-7-35-67-41-56)40-63(70-66)49-27-19-47(20-28-49)57-14-8-36-68-42-57/h1-42H. The minimum Gasteiger partial charge on any atom is -0.264 e. The monoisotopic (exact) mass is 890 g/mol. The Bertz CT molecular complexity index is 3970. The second kappa shape index (κ2) is 17.4. The number of benzene rings is 10. The van der Waals surface area contributed by atoms with Gasteiger partial charge < -0.3 is 0 Å². The molecule has 326 valence electrons. The Morgan fingerprint density at radius 3 is 1.13 bits per heavy atom. The van der Waals surface area contributed by atoms with Gasteiger partial charge in [0.05, 0.1) is 11.4 Å². The van der Waals surface area contributed by atoms with E-state index in [1.165, 1.54) is 65.3 Å². The Balaban J connectivity index is 0.937. The molecule has 4 nitrogen and oxygen atoms in total. The maximum absolute atomic E-state index is 5.23. The number of hydrogen-bond donors (Lipinski definition) is 0. The molecular weight excluding hydrogens is 849 g/mol. The third-order valence-corrected chi connectivity index (χ3v) is 13.7. The van der Waals surface area contributed by atoms with Gasteiger partial charge in [-0.3, -0.25) is 9.97 Å². The Morgan fingerprint density at radius 1 is 0.229 bits per heavy atom. The van der Waals surface area contributed by atoms with E-state index in [0.717, 1.165) is 61.5 Å². The van der Waals surface area contributed by atoms with Crippen molar-refractivity contribution in [2.75, 3.05) is 0 Å². The van der Waals surface area contributed by atoms with Gasteiger partial charge in [-0.15, -0.1) is 0 Å². The molecule has 0 fully saturated rings. The van der Waals surface area contributed by atoms with Gasteiger partial charge in [0.25, 0.3) is 0 Å². The molecule has 10 aromatic carbocycles. The predicted octanol–water partition coefficient (Wildman–Crippen LogP) is 17.2. The lowest BCUT2D eigenvalue weighted by Crippen LogP contribution is -1.96. The summed E-state index contributed by atoms with van der Waals surface area (Å²) >= 11 is 0. The molecule has 0 aliphatic carbocycles. The highest BCUT2D eigenvalue weighted by atomic mass is 14.9. The highest BCUT2D eigenvalue weighted by Crippen LogP contribution is 2.46. The SMILES string of the molecule is c1cncc(-c2ccc(-c3cc(-c4ccc(-c5cccnc5)cc4)nc(-c4ccc(-c5ccc6c(-c7ccc8ccccc8c7)c7ccccc7c(-c7ccc8ccccc8c7)c6c5)cc4)n3)cc2)c1. The van der Waals surface area contributed by atoms with E-state index in [1.54, 1.807) is 12.4 Å². The van der Waals surface area contributed by atoms with Gasteiger partial charge in [0.1, 0.15) is 0 Å². The van der Waals surface area contributed by atoms with Crippen molar-refractivity contribution in [1.29, 1.82) is 0 Å². The van der Waals surface area contributed by atoms with Crippen molar-refractivity contribution in [2.45, 2.75) is 0 Å². The zero-order valence-corrected chi connectivity index (χ0v) is 38.0. The number of rotatable bonds is 8. The Morgan fingerprint density at radius 2 is 0.629 bits per heavy atom. The number of hydrogen-bond acceptors (Lipinski definition) is 4. The summed E-state index contributed by atoms with van der Waals surface area (Å²) in [5, 5.41) is 9.81. The second-order valence-corrected chi connectivity index (χ2v) is 17.9. The smallest absolute Gasteiger partial charge is 0.160 e. The van der Waals surface area contributed by atoms with Crippen molar-refractivity contribution in [2.24, 2.45) is 0 Å². The first-order valence-corrected chi connectivity index (χ1v) is 23.7. The molecule has 0 saturated heterocycles. The molecule has 0 N–H and O–H groups in total. The fraction of sp³-hybridized carbons (Fsp3) is 0. The molecule has 0 aliphatic rings. The van der Waals surface area contributed by atoms with Gasteiger partial charge in [0.15, 0.2) is 5.82 Å². The largest absolute Gasteiger partial charge is 0.264 e. The van der Waals surface area contributed by atoms with Gasteiger partial charge in [-0.2, -0.15) is 0 Å². The Hall–Kier alpha value is -9.38. The summed E-state index contributed by atoms with van der Waals surface area (Å²) in [6, 6.07) is 82.9. The van der Waals surface area contributed by atoms with E-state index in [-0.39, 0.29) is 0 Å². The molecule has 4 heteroatoms. The van der Waals surface area contributed by atoms with Gasteiger partial charge in [0.2, 0.25) is 0 Å². The van der Waals surface area contributed by atoms with Crippen LogP contribution >= 0.6 is 0 Å². The number of pyridine rings is 2. The fourth-order valence-electron chi connectivity index (χ4n) is 10.1. The maximum atomic E-state index is 5.23. The van der Waals surface area contributed by atoms with Crippen molar-refractivity contribution in [3.05, 3.63) is 255 Å². The van der Waals surface area contributed by atoms with Crippen LogP contribution in [0.1, 0.15) is 0 Å². The van der Waals surface area contributed by atoms with Gasteiger partial charge in [0, 0.05) is 41.5 Å². The lowest BCUT2D eigenvalue weighted by Gasteiger charge is -2.19. The Kier molecular flexibility index (Phi) is 10.1. The van der Waals surface area contributed by atoms with E-state index in [2.05, 4.69) is 228 Å². The maximum Gasteiger partial charge on any atom is 0.160 e. The normalized spacial score (nSPS) is 11.4. The third kappa shape index (κ3) is 7.54. The van der Waals surface area contributed by atoms with Gasteiger partial charge in [-0.25, -0.2) is 9.97 Å². The molecular formula is C66H42N4. The molecule has 0 radical (unpaired) electrons. The van der Waals surface area contributed by atoms with Crippen LogP contribution in [0.3, 0.4) is 0 Å². The first-order chi connectivity index (χ1) is 34.7. The van der Waals surface area contributed by atoms with Crippen LogP contribution in [0, 0.1) is 0 Å². The molecule has 0 aliphatic heterocycles. The molecule has 13 rings (SSSR count). The van der Waals surface area contributed by atoms with Crippen molar-refractivity contribution in [1.82, 2.24) is 19.9 Å². The van der Waals surface area contributed by atoms with Crippen molar-refractivity contribution in [3.63, 3.8) is 0 Å². The quantitative estimate of drug-likeness (QED) is 0.143. The topological polar surface area (TPSA) is 51.6 Å². The van der Waals surface area contributed by atoms with Crippen molar-refractivity contribution < 1.29 is 0 Å². The number of nitrogens with zero attached hydrogens (tertiary/aromatic N) is 4. The molecule has 0 amide bonds. The summed E-state index contributed by atoms with van der Waals surface area (Å²) in [5.74, 6) is 0.662. The lowest BCUT2D eigenvalue weighted by molar-refractivity contribution is 1.18. The van der Waals surface area contributed by atoms with E-state index in [4.69, 9.17) is 9.97 Å². The summed E-state index contributed by atoms with van der Waals surface area (Å²) in [7, 11) is 0. The molecule has 13 aromatic rings. The summed E-state index contributed by atoms with van der Waals surface area (Å²) in [5.41, 5.74) is 16.1.